The number of rotatable bonds is 7. The average molecular weight is 462 g/mol. The number of phenols is 1. The summed E-state index contributed by atoms with van der Waals surface area (Å²) in [5.41, 5.74) is 3.74. The number of aromatic hydroxyl groups is 1. The number of aliphatic hydroxyl groups excluding tert-OH is 1. The molecule has 2 aromatic carbocycles. The Labute approximate surface area is 200 Å². The quantitative estimate of drug-likeness (QED) is 0.507. The summed E-state index contributed by atoms with van der Waals surface area (Å²) < 4.78 is 6.01. The first kappa shape index (κ1) is 22.2. The van der Waals surface area contributed by atoms with Crippen LogP contribution >= 0.6 is 11.8 Å². The van der Waals surface area contributed by atoms with Crippen molar-refractivity contribution < 1.29 is 14.9 Å². The second-order valence-electron chi connectivity index (χ2n) is 9.04. The van der Waals surface area contributed by atoms with Gasteiger partial charge in [-0.2, -0.15) is 0 Å². The molecule has 0 aromatic heterocycles. The second kappa shape index (κ2) is 10.1. The Morgan fingerprint density at radius 1 is 0.939 bits per heavy atom. The van der Waals surface area contributed by atoms with E-state index in [1.54, 1.807) is 23.9 Å². The van der Waals surface area contributed by atoms with Crippen molar-refractivity contribution in [2.75, 3.05) is 26.2 Å². The number of benzene rings is 2. The summed E-state index contributed by atoms with van der Waals surface area (Å²) in [4.78, 5) is 4.93. The van der Waals surface area contributed by atoms with Gasteiger partial charge in [0, 0.05) is 22.3 Å². The first-order valence-corrected chi connectivity index (χ1v) is 12.7. The molecule has 0 radical (unpaired) electrons. The van der Waals surface area contributed by atoms with Crippen molar-refractivity contribution in [2.45, 2.75) is 32.1 Å². The number of nitrogens with zero attached hydrogens (tertiary/aromatic N) is 1. The fourth-order valence-electron chi connectivity index (χ4n) is 4.88. The van der Waals surface area contributed by atoms with Crippen molar-refractivity contribution in [1.29, 1.82) is 0 Å². The Kier molecular flexibility index (Phi) is 6.79. The number of hydrogen-bond donors (Lipinski definition) is 2. The maximum Gasteiger partial charge on any atom is 0.119 e. The molecule has 1 atom stereocenters. The summed E-state index contributed by atoms with van der Waals surface area (Å²) in [5.74, 6) is 1.85. The second-order valence-corrected chi connectivity index (χ2v) is 10.1. The smallest absolute Gasteiger partial charge is 0.119 e. The van der Waals surface area contributed by atoms with Crippen LogP contribution in [0.15, 0.2) is 76.9 Å². The molecular weight excluding hydrogens is 430 g/mol. The highest BCUT2D eigenvalue weighted by Gasteiger charge is 2.32. The summed E-state index contributed by atoms with van der Waals surface area (Å²) in [6.07, 6.45) is 9.45. The van der Waals surface area contributed by atoms with Crippen LogP contribution in [0.25, 0.3) is 4.91 Å². The zero-order valence-electron chi connectivity index (χ0n) is 18.9. The van der Waals surface area contributed by atoms with Crippen molar-refractivity contribution in [1.82, 2.24) is 4.90 Å². The summed E-state index contributed by atoms with van der Waals surface area (Å²) in [7, 11) is 0. The van der Waals surface area contributed by atoms with E-state index in [4.69, 9.17) is 4.74 Å². The minimum absolute atomic E-state index is 0.274. The van der Waals surface area contributed by atoms with Gasteiger partial charge in [-0.05, 0) is 91.9 Å². The van der Waals surface area contributed by atoms with Crippen LogP contribution < -0.4 is 4.74 Å². The normalized spacial score (nSPS) is 20.9. The highest BCUT2D eigenvalue weighted by Crippen LogP contribution is 2.54. The van der Waals surface area contributed by atoms with Gasteiger partial charge in [0.1, 0.15) is 23.9 Å². The van der Waals surface area contributed by atoms with Crippen LogP contribution in [0.1, 0.15) is 36.8 Å². The van der Waals surface area contributed by atoms with Gasteiger partial charge in [-0.25, -0.2) is 0 Å². The van der Waals surface area contributed by atoms with Crippen LogP contribution in [-0.2, 0) is 6.42 Å². The van der Waals surface area contributed by atoms with Gasteiger partial charge in [0.2, 0.25) is 0 Å². The minimum atomic E-state index is 0.274. The third-order valence-corrected chi connectivity index (χ3v) is 8.04. The molecule has 2 N–H and O–H groups in total. The van der Waals surface area contributed by atoms with Crippen molar-refractivity contribution in [2.24, 2.45) is 5.92 Å². The lowest BCUT2D eigenvalue weighted by atomic mass is 9.86. The van der Waals surface area contributed by atoms with Crippen molar-refractivity contribution in [3.05, 3.63) is 88.0 Å². The Balaban J connectivity index is 1.29. The molecule has 5 rings (SSSR count). The molecule has 2 aliphatic heterocycles. The summed E-state index contributed by atoms with van der Waals surface area (Å²) in [5, 5.41) is 19.7. The molecule has 33 heavy (non-hydrogen) atoms. The van der Waals surface area contributed by atoms with Crippen LogP contribution in [0.4, 0.5) is 0 Å². The molecule has 0 bridgehead atoms. The molecule has 5 heteroatoms. The summed E-state index contributed by atoms with van der Waals surface area (Å²) in [6, 6.07) is 15.9. The topological polar surface area (TPSA) is 52.9 Å². The van der Waals surface area contributed by atoms with Gasteiger partial charge in [-0.3, -0.25) is 4.90 Å². The molecule has 1 aliphatic carbocycles. The maximum absolute atomic E-state index is 10.0. The lowest BCUT2D eigenvalue weighted by Gasteiger charge is -2.26. The van der Waals surface area contributed by atoms with Gasteiger partial charge in [-0.1, -0.05) is 42.4 Å². The van der Waals surface area contributed by atoms with Crippen molar-refractivity contribution >= 4 is 16.7 Å². The number of piperidine rings is 1. The summed E-state index contributed by atoms with van der Waals surface area (Å²) in [6.45, 7) is 4.13. The van der Waals surface area contributed by atoms with Crippen LogP contribution in [-0.4, -0.2) is 41.4 Å². The van der Waals surface area contributed by atoms with Gasteiger partial charge in [0.15, 0.2) is 0 Å². The molecule has 3 aliphatic rings. The SMILES string of the molecule is OC1=CCC2C(=C1)SC(c1ccc(O)cc1)=C2Cc1ccc(OCCN2CCCCC2)cc1. The van der Waals surface area contributed by atoms with Crippen molar-refractivity contribution in [3.8, 4) is 11.5 Å². The van der Waals surface area contributed by atoms with E-state index in [9.17, 15) is 10.2 Å². The molecule has 0 saturated carbocycles. The number of thioether (sulfide) groups is 1. The van der Waals surface area contributed by atoms with E-state index in [-0.39, 0.29) is 5.75 Å². The van der Waals surface area contributed by atoms with Gasteiger partial charge in [0.05, 0.1) is 0 Å². The monoisotopic (exact) mass is 461 g/mol. The summed E-state index contributed by atoms with van der Waals surface area (Å²) >= 11 is 1.74. The van der Waals surface area contributed by atoms with Crippen LogP contribution in [0.3, 0.4) is 0 Å². The highest BCUT2D eigenvalue weighted by molar-refractivity contribution is 8.12. The number of allylic oxidation sites excluding steroid dienone is 4. The Hall–Kier alpha value is -2.63. The highest BCUT2D eigenvalue weighted by atomic mass is 32.2. The van der Waals surface area contributed by atoms with E-state index >= 15 is 0 Å². The van der Waals surface area contributed by atoms with E-state index in [2.05, 4.69) is 29.2 Å². The Bertz CT molecular complexity index is 1060. The van der Waals surface area contributed by atoms with Gasteiger partial charge in [-0.15, -0.1) is 0 Å². The predicted molar refractivity (Wildman–Crippen MR) is 135 cm³/mol. The first-order valence-electron chi connectivity index (χ1n) is 11.9. The number of phenolic OH excluding ortho intramolecular Hbond substituents is 1. The largest absolute Gasteiger partial charge is 0.508 e. The fraction of sp³-hybridized carbons (Fsp3) is 0.357. The third kappa shape index (κ3) is 5.31. The number of ether oxygens (including phenoxy) is 1. The fourth-order valence-corrected chi connectivity index (χ4v) is 6.27. The van der Waals surface area contributed by atoms with Crippen LogP contribution in [0, 0.1) is 5.92 Å². The maximum atomic E-state index is 10.0. The van der Waals surface area contributed by atoms with E-state index < -0.39 is 0 Å². The molecule has 2 heterocycles. The molecule has 0 spiro atoms. The standard InChI is InChI=1S/C28H31NO3S/c30-22-8-6-21(7-9-22)28-26(25-13-10-23(31)19-27(25)33-28)18-20-4-11-24(12-5-20)32-17-16-29-14-2-1-3-15-29/h4-12,19,25,30-31H,1-3,13-18H2. The minimum Gasteiger partial charge on any atom is -0.508 e. The van der Waals surface area contributed by atoms with Gasteiger partial charge in [0.25, 0.3) is 0 Å². The lowest BCUT2D eigenvalue weighted by Crippen LogP contribution is -2.33. The average Bonchev–Trinajstić information content (AvgIpc) is 3.18. The van der Waals surface area contributed by atoms with E-state index in [1.807, 2.05) is 24.3 Å². The third-order valence-electron chi connectivity index (χ3n) is 6.70. The molecular formula is C28H31NO3S. The number of hydrogen-bond acceptors (Lipinski definition) is 5. The number of fused-ring (bicyclic) bond motifs is 1. The van der Waals surface area contributed by atoms with Gasteiger partial charge < -0.3 is 14.9 Å². The number of likely N-dealkylation sites (tertiary alicyclic amines) is 1. The Morgan fingerprint density at radius 3 is 2.45 bits per heavy atom. The first-order chi connectivity index (χ1) is 16.2. The van der Waals surface area contributed by atoms with E-state index in [1.165, 1.54) is 53.3 Å². The molecule has 1 saturated heterocycles. The molecule has 172 valence electrons. The molecule has 1 fully saturated rings. The van der Waals surface area contributed by atoms with Gasteiger partial charge >= 0.3 is 0 Å². The molecule has 0 amide bonds. The lowest BCUT2D eigenvalue weighted by molar-refractivity contribution is 0.183. The molecule has 1 unspecified atom stereocenters. The molecule has 2 aromatic rings. The van der Waals surface area contributed by atoms with E-state index in [0.717, 1.165) is 37.3 Å². The predicted octanol–water partition coefficient (Wildman–Crippen LogP) is 6.30. The zero-order valence-corrected chi connectivity index (χ0v) is 19.7. The van der Waals surface area contributed by atoms with Crippen LogP contribution in [0.2, 0.25) is 0 Å². The Morgan fingerprint density at radius 2 is 1.70 bits per heavy atom. The van der Waals surface area contributed by atoms with Crippen LogP contribution in [0.5, 0.6) is 11.5 Å². The van der Waals surface area contributed by atoms with E-state index in [0.29, 0.717) is 11.7 Å². The zero-order chi connectivity index (χ0) is 22.6. The molecule has 4 nitrogen and oxygen atoms in total. The number of aliphatic hydroxyl groups is 1. The van der Waals surface area contributed by atoms with Crippen molar-refractivity contribution in [3.63, 3.8) is 0 Å².